The molecule has 1 amide bonds. The van der Waals surface area contributed by atoms with Crippen LogP contribution in [0.25, 0.3) is 17.3 Å². The maximum Gasteiger partial charge on any atom is 0.274 e. The topological polar surface area (TPSA) is 93.2 Å². The number of imidazole rings is 1. The smallest absolute Gasteiger partial charge is 0.274 e. The Bertz CT molecular complexity index is 1310. The van der Waals surface area contributed by atoms with Crippen molar-refractivity contribution in [2.75, 3.05) is 31.1 Å². The zero-order valence-corrected chi connectivity index (χ0v) is 19.0. The minimum Gasteiger partial charge on any atom is -0.368 e. The van der Waals surface area contributed by atoms with E-state index < -0.39 is 0 Å². The van der Waals surface area contributed by atoms with E-state index in [1.54, 1.807) is 36.3 Å². The molecule has 1 aliphatic rings. The maximum absolute atomic E-state index is 13.1. The molecule has 0 atom stereocenters. The first-order chi connectivity index (χ1) is 16.0. The van der Waals surface area contributed by atoms with Crippen molar-refractivity contribution in [3.63, 3.8) is 0 Å². The maximum atomic E-state index is 13.1. The van der Waals surface area contributed by atoms with Crippen molar-refractivity contribution in [1.82, 2.24) is 29.6 Å². The van der Waals surface area contributed by atoms with Gasteiger partial charge in [-0.25, -0.2) is 9.97 Å². The summed E-state index contributed by atoms with van der Waals surface area (Å²) in [4.78, 5) is 30.1. The third kappa shape index (κ3) is 4.31. The van der Waals surface area contributed by atoms with Crippen molar-refractivity contribution in [2.24, 2.45) is 0 Å². The van der Waals surface area contributed by atoms with E-state index in [0.29, 0.717) is 41.3 Å². The van der Waals surface area contributed by atoms with Gasteiger partial charge in [-0.15, -0.1) is 0 Å². The molecule has 9 nitrogen and oxygen atoms in total. The van der Waals surface area contributed by atoms with Crippen LogP contribution in [-0.2, 0) is 0 Å². The number of piperazine rings is 1. The van der Waals surface area contributed by atoms with Crippen LogP contribution in [0.4, 0.5) is 5.69 Å². The number of aromatic nitrogens is 5. The molecule has 0 spiro atoms. The Morgan fingerprint density at radius 2 is 1.88 bits per heavy atom. The summed E-state index contributed by atoms with van der Waals surface area (Å²) < 4.78 is 6.95. The Kier molecular flexibility index (Phi) is 5.55. The van der Waals surface area contributed by atoms with E-state index in [0.717, 1.165) is 24.3 Å². The SMILES string of the molecule is Cc1noc(-c2ccnc(-n3cnc(C(=O)N4CCN(c5cc(Cl)ccc5C)CC4)c3)c2)n1. The summed E-state index contributed by atoms with van der Waals surface area (Å²) in [5, 5.41) is 4.54. The summed E-state index contributed by atoms with van der Waals surface area (Å²) in [6.07, 6.45) is 4.94. The van der Waals surface area contributed by atoms with Crippen molar-refractivity contribution < 1.29 is 9.32 Å². The van der Waals surface area contributed by atoms with Gasteiger partial charge in [-0.05, 0) is 43.7 Å². The lowest BCUT2D eigenvalue weighted by molar-refractivity contribution is 0.0741. The van der Waals surface area contributed by atoms with E-state index in [-0.39, 0.29) is 5.91 Å². The molecule has 168 valence electrons. The van der Waals surface area contributed by atoms with Gasteiger partial charge in [0.05, 0.1) is 0 Å². The number of hydrogen-bond donors (Lipinski definition) is 0. The van der Waals surface area contributed by atoms with Gasteiger partial charge in [-0.1, -0.05) is 22.8 Å². The van der Waals surface area contributed by atoms with Crippen LogP contribution in [0.5, 0.6) is 0 Å². The predicted octanol–water partition coefficient (Wildman–Crippen LogP) is 3.55. The van der Waals surface area contributed by atoms with Crippen LogP contribution in [0.2, 0.25) is 5.02 Å². The van der Waals surface area contributed by atoms with Gasteiger partial charge in [-0.2, -0.15) is 4.98 Å². The lowest BCUT2D eigenvalue weighted by atomic mass is 10.1. The zero-order chi connectivity index (χ0) is 22.9. The first kappa shape index (κ1) is 21.1. The lowest BCUT2D eigenvalue weighted by Gasteiger charge is -2.36. The fraction of sp³-hybridized carbons (Fsp3) is 0.261. The molecule has 1 aromatic carbocycles. The molecule has 33 heavy (non-hydrogen) atoms. The van der Waals surface area contributed by atoms with E-state index in [4.69, 9.17) is 16.1 Å². The molecule has 0 aliphatic carbocycles. The molecule has 1 aliphatic heterocycles. The number of carbonyl (C=O) groups is 1. The molecule has 1 fully saturated rings. The van der Waals surface area contributed by atoms with Crippen LogP contribution in [0.1, 0.15) is 21.9 Å². The zero-order valence-electron chi connectivity index (χ0n) is 18.3. The molecule has 0 radical (unpaired) electrons. The Morgan fingerprint density at radius 1 is 1.06 bits per heavy atom. The highest BCUT2D eigenvalue weighted by atomic mass is 35.5. The Balaban J connectivity index is 1.28. The largest absolute Gasteiger partial charge is 0.368 e. The first-order valence-electron chi connectivity index (χ1n) is 10.6. The number of amides is 1. The molecule has 1 saturated heterocycles. The Hall–Kier alpha value is -3.72. The average Bonchev–Trinajstić information content (AvgIpc) is 3.50. The fourth-order valence-electron chi connectivity index (χ4n) is 3.90. The van der Waals surface area contributed by atoms with E-state index in [1.165, 1.54) is 5.56 Å². The number of carbonyl (C=O) groups excluding carboxylic acids is 1. The van der Waals surface area contributed by atoms with Crippen LogP contribution in [-0.4, -0.2) is 61.7 Å². The van der Waals surface area contributed by atoms with Gasteiger partial charge >= 0.3 is 0 Å². The Morgan fingerprint density at radius 3 is 2.64 bits per heavy atom. The molecule has 0 bridgehead atoms. The second-order valence-corrected chi connectivity index (χ2v) is 8.36. The van der Waals surface area contributed by atoms with E-state index >= 15 is 0 Å². The fourth-order valence-corrected chi connectivity index (χ4v) is 4.07. The molecule has 5 rings (SSSR count). The molecule has 4 heterocycles. The third-order valence-electron chi connectivity index (χ3n) is 5.67. The molecular formula is C23H22ClN7O2. The van der Waals surface area contributed by atoms with Crippen LogP contribution in [0.3, 0.4) is 0 Å². The van der Waals surface area contributed by atoms with E-state index in [1.807, 2.05) is 29.2 Å². The van der Waals surface area contributed by atoms with Crippen LogP contribution < -0.4 is 4.90 Å². The van der Waals surface area contributed by atoms with E-state index in [9.17, 15) is 4.79 Å². The molecule has 0 N–H and O–H groups in total. The van der Waals surface area contributed by atoms with Crippen LogP contribution >= 0.6 is 11.6 Å². The summed E-state index contributed by atoms with van der Waals surface area (Å²) in [6, 6.07) is 9.50. The van der Waals surface area contributed by atoms with Crippen molar-refractivity contribution in [2.45, 2.75) is 13.8 Å². The second kappa shape index (κ2) is 8.67. The standard InChI is InChI=1S/C23H22ClN7O2/c1-15-3-4-18(24)12-20(15)29-7-9-30(10-8-29)23(32)19-13-31(14-26-19)21-11-17(5-6-25-21)22-27-16(2)28-33-22/h3-6,11-14H,7-10H2,1-2H3. The highest BCUT2D eigenvalue weighted by Gasteiger charge is 2.25. The first-order valence-corrected chi connectivity index (χ1v) is 11.0. The molecule has 4 aromatic rings. The van der Waals surface area contributed by atoms with Crippen molar-refractivity contribution in [1.29, 1.82) is 0 Å². The molecular weight excluding hydrogens is 442 g/mol. The molecule has 0 unspecified atom stereocenters. The van der Waals surface area contributed by atoms with Gasteiger partial charge in [0.25, 0.3) is 11.8 Å². The minimum atomic E-state index is -0.0973. The van der Waals surface area contributed by atoms with Gasteiger partial charge < -0.3 is 14.3 Å². The van der Waals surface area contributed by atoms with Gasteiger partial charge in [0.1, 0.15) is 17.8 Å². The van der Waals surface area contributed by atoms with Crippen molar-refractivity contribution in [3.05, 3.63) is 71.2 Å². The summed E-state index contributed by atoms with van der Waals surface area (Å²) in [5.74, 6) is 1.49. The highest BCUT2D eigenvalue weighted by molar-refractivity contribution is 6.30. The van der Waals surface area contributed by atoms with Gasteiger partial charge in [0.2, 0.25) is 0 Å². The number of hydrogen-bond acceptors (Lipinski definition) is 7. The number of nitrogens with zero attached hydrogens (tertiary/aromatic N) is 7. The van der Waals surface area contributed by atoms with E-state index in [2.05, 4.69) is 31.9 Å². The number of rotatable bonds is 4. The highest BCUT2D eigenvalue weighted by Crippen LogP contribution is 2.26. The van der Waals surface area contributed by atoms with Crippen molar-refractivity contribution >= 4 is 23.2 Å². The average molecular weight is 464 g/mol. The quantitative estimate of drug-likeness (QED) is 0.457. The summed E-state index contributed by atoms with van der Waals surface area (Å²) in [5.41, 5.74) is 3.41. The normalized spacial score (nSPS) is 14.0. The van der Waals surface area contributed by atoms with Gasteiger partial charge in [0, 0.05) is 54.8 Å². The second-order valence-electron chi connectivity index (χ2n) is 7.93. The Labute approximate surface area is 195 Å². The van der Waals surface area contributed by atoms with Gasteiger partial charge in [0.15, 0.2) is 5.82 Å². The number of aryl methyl sites for hydroxylation is 2. The lowest BCUT2D eigenvalue weighted by Crippen LogP contribution is -2.49. The van der Waals surface area contributed by atoms with Gasteiger partial charge in [-0.3, -0.25) is 9.36 Å². The summed E-state index contributed by atoms with van der Waals surface area (Å²) in [7, 11) is 0. The molecule has 10 heteroatoms. The molecule has 3 aromatic heterocycles. The summed E-state index contributed by atoms with van der Waals surface area (Å²) in [6.45, 7) is 6.53. The van der Waals surface area contributed by atoms with Crippen molar-refractivity contribution in [3.8, 4) is 17.3 Å². The third-order valence-corrected chi connectivity index (χ3v) is 5.90. The predicted molar refractivity (Wildman–Crippen MR) is 124 cm³/mol. The minimum absolute atomic E-state index is 0.0973. The number of halogens is 1. The molecule has 0 saturated carbocycles. The van der Waals surface area contributed by atoms with Crippen LogP contribution in [0.15, 0.2) is 53.6 Å². The number of pyridine rings is 1. The number of anilines is 1. The summed E-state index contributed by atoms with van der Waals surface area (Å²) >= 11 is 6.17. The van der Waals surface area contributed by atoms with Crippen LogP contribution in [0, 0.1) is 13.8 Å². The number of benzene rings is 1. The monoisotopic (exact) mass is 463 g/mol.